The van der Waals surface area contributed by atoms with Gasteiger partial charge in [-0.3, -0.25) is 0 Å². The van der Waals surface area contributed by atoms with Crippen LogP contribution in [0, 0.1) is 12.3 Å². The van der Waals surface area contributed by atoms with Crippen molar-refractivity contribution in [2.45, 2.75) is 19.4 Å². The van der Waals surface area contributed by atoms with Crippen molar-refractivity contribution < 1.29 is 4.74 Å². The van der Waals surface area contributed by atoms with Gasteiger partial charge in [-0.05, 0) is 13.8 Å². The van der Waals surface area contributed by atoms with E-state index in [0.29, 0.717) is 0 Å². The van der Waals surface area contributed by atoms with Gasteiger partial charge in [0.15, 0.2) is 10.8 Å². The molecule has 0 saturated carbocycles. The van der Waals surface area contributed by atoms with Crippen molar-refractivity contribution in [3.8, 4) is 18.2 Å². The molecule has 0 fully saturated rings. The summed E-state index contributed by atoms with van der Waals surface area (Å²) < 4.78 is 5.37. The molecule has 2 N–H and O–H groups in total. The highest BCUT2D eigenvalue weighted by molar-refractivity contribution is 6.32. The van der Waals surface area contributed by atoms with Crippen LogP contribution in [0.15, 0.2) is 6.33 Å². The van der Waals surface area contributed by atoms with Gasteiger partial charge in [0.25, 0.3) is 0 Å². The van der Waals surface area contributed by atoms with E-state index in [-0.39, 0.29) is 16.7 Å². The van der Waals surface area contributed by atoms with E-state index in [1.165, 1.54) is 6.33 Å². The molecule has 0 aliphatic heterocycles. The van der Waals surface area contributed by atoms with Crippen LogP contribution in [0.2, 0.25) is 5.15 Å². The molecule has 0 amide bonds. The Kier molecular flexibility index (Phi) is 2.82. The van der Waals surface area contributed by atoms with Crippen LogP contribution in [-0.4, -0.2) is 15.6 Å². The van der Waals surface area contributed by atoms with Gasteiger partial charge in [-0.25, -0.2) is 4.98 Å². The van der Waals surface area contributed by atoms with Gasteiger partial charge < -0.3 is 10.5 Å². The molecule has 74 valence electrons. The Bertz CT molecular complexity index is 384. The monoisotopic (exact) mass is 211 g/mol. The number of nitrogen functional groups attached to an aromatic ring is 1. The fraction of sp³-hybridized carbons (Fsp3) is 0.333. The summed E-state index contributed by atoms with van der Waals surface area (Å²) in [4.78, 5) is 7.53. The van der Waals surface area contributed by atoms with Crippen molar-refractivity contribution in [2.24, 2.45) is 0 Å². The standard InChI is InChI=1S/C9H10ClN3O/c1-4-9(2,3)14-8-6(11)7(10)12-5-13-8/h1,5H,11H2,2-3H3. The van der Waals surface area contributed by atoms with Crippen molar-refractivity contribution in [3.05, 3.63) is 11.5 Å². The van der Waals surface area contributed by atoms with Crippen molar-refractivity contribution in [3.63, 3.8) is 0 Å². The third-order valence-corrected chi connectivity index (χ3v) is 1.80. The molecule has 0 aliphatic carbocycles. The maximum atomic E-state index is 5.68. The number of aromatic nitrogens is 2. The second-order valence-corrected chi connectivity index (χ2v) is 3.50. The van der Waals surface area contributed by atoms with Crippen LogP contribution in [0.3, 0.4) is 0 Å². The predicted octanol–water partition coefficient (Wildman–Crippen LogP) is 1.50. The number of ether oxygens (including phenoxy) is 1. The Balaban J connectivity index is 3.00. The second-order valence-electron chi connectivity index (χ2n) is 3.14. The highest BCUT2D eigenvalue weighted by Crippen LogP contribution is 2.26. The summed E-state index contributed by atoms with van der Waals surface area (Å²) in [6, 6.07) is 0. The minimum atomic E-state index is -0.772. The fourth-order valence-corrected chi connectivity index (χ4v) is 0.836. The summed E-state index contributed by atoms with van der Waals surface area (Å²) in [5.41, 5.74) is 5.01. The van der Waals surface area contributed by atoms with Crippen LogP contribution in [0.4, 0.5) is 5.69 Å². The Labute approximate surface area is 87.5 Å². The van der Waals surface area contributed by atoms with E-state index in [1.807, 2.05) is 0 Å². The average Bonchev–Trinajstić information content (AvgIpc) is 2.13. The highest BCUT2D eigenvalue weighted by Gasteiger charge is 2.19. The van der Waals surface area contributed by atoms with Crippen LogP contribution in [0.25, 0.3) is 0 Å². The molecular weight excluding hydrogens is 202 g/mol. The van der Waals surface area contributed by atoms with Gasteiger partial charge in [-0.15, -0.1) is 6.42 Å². The number of nitrogens with two attached hydrogens (primary N) is 1. The predicted molar refractivity (Wildman–Crippen MR) is 55.0 cm³/mol. The minimum Gasteiger partial charge on any atom is -0.457 e. The summed E-state index contributed by atoms with van der Waals surface area (Å²) in [5.74, 6) is 2.66. The third kappa shape index (κ3) is 2.27. The lowest BCUT2D eigenvalue weighted by Crippen LogP contribution is -2.26. The van der Waals surface area contributed by atoms with Crippen molar-refractivity contribution in [2.75, 3.05) is 5.73 Å². The molecular formula is C9H10ClN3O. The molecule has 0 unspecified atom stereocenters. The average molecular weight is 212 g/mol. The number of halogens is 1. The zero-order valence-electron chi connectivity index (χ0n) is 7.91. The third-order valence-electron chi connectivity index (χ3n) is 1.50. The van der Waals surface area contributed by atoms with Gasteiger partial charge in [0.05, 0.1) is 0 Å². The maximum absolute atomic E-state index is 5.68. The Morgan fingerprint density at radius 3 is 2.79 bits per heavy atom. The zero-order chi connectivity index (χ0) is 10.8. The van der Waals surface area contributed by atoms with E-state index >= 15 is 0 Å². The first-order valence-corrected chi connectivity index (χ1v) is 4.27. The lowest BCUT2D eigenvalue weighted by atomic mass is 10.1. The second kappa shape index (κ2) is 3.72. The number of hydrogen-bond acceptors (Lipinski definition) is 4. The first-order chi connectivity index (χ1) is 6.46. The van der Waals surface area contributed by atoms with E-state index in [9.17, 15) is 0 Å². The number of rotatable bonds is 2. The molecule has 0 saturated heterocycles. The summed E-state index contributed by atoms with van der Waals surface area (Å²) in [6.07, 6.45) is 6.51. The topological polar surface area (TPSA) is 61.0 Å². The van der Waals surface area contributed by atoms with E-state index in [2.05, 4.69) is 15.9 Å². The van der Waals surface area contributed by atoms with E-state index in [4.69, 9.17) is 28.5 Å². The molecule has 4 nitrogen and oxygen atoms in total. The quantitative estimate of drug-likeness (QED) is 0.595. The fourth-order valence-electron chi connectivity index (χ4n) is 0.712. The zero-order valence-corrected chi connectivity index (χ0v) is 8.67. The molecule has 1 aromatic heterocycles. The molecule has 5 heteroatoms. The SMILES string of the molecule is C#CC(C)(C)Oc1ncnc(Cl)c1N. The number of hydrogen-bond donors (Lipinski definition) is 1. The van der Waals surface area contributed by atoms with Crippen LogP contribution >= 0.6 is 11.6 Å². The molecule has 14 heavy (non-hydrogen) atoms. The van der Waals surface area contributed by atoms with Crippen LogP contribution in [0.1, 0.15) is 13.8 Å². The Morgan fingerprint density at radius 1 is 1.57 bits per heavy atom. The lowest BCUT2D eigenvalue weighted by Gasteiger charge is -2.19. The molecule has 0 radical (unpaired) electrons. The Hall–Kier alpha value is -1.47. The first kappa shape index (κ1) is 10.6. The van der Waals surface area contributed by atoms with Crippen LogP contribution in [0.5, 0.6) is 5.88 Å². The molecule has 0 aliphatic rings. The first-order valence-electron chi connectivity index (χ1n) is 3.89. The molecule has 1 rings (SSSR count). The van der Waals surface area contributed by atoms with Crippen molar-refractivity contribution in [1.82, 2.24) is 9.97 Å². The number of terminal acetylenes is 1. The molecule has 0 bridgehead atoms. The minimum absolute atomic E-state index is 0.155. The molecule has 1 aromatic rings. The molecule has 0 spiro atoms. The van der Waals surface area contributed by atoms with E-state index in [0.717, 1.165) is 0 Å². The van der Waals surface area contributed by atoms with Crippen molar-refractivity contribution in [1.29, 1.82) is 0 Å². The van der Waals surface area contributed by atoms with Gasteiger partial charge in [-0.1, -0.05) is 17.5 Å². The van der Waals surface area contributed by atoms with Gasteiger partial charge in [-0.2, -0.15) is 4.98 Å². The number of anilines is 1. The lowest BCUT2D eigenvalue weighted by molar-refractivity contribution is 0.166. The normalized spacial score (nSPS) is 10.7. The van der Waals surface area contributed by atoms with E-state index < -0.39 is 5.60 Å². The summed E-state index contributed by atoms with van der Waals surface area (Å²) in [6.45, 7) is 3.45. The molecule has 1 heterocycles. The van der Waals surface area contributed by atoms with Gasteiger partial charge >= 0.3 is 0 Å². The van der Waals surface area contributed by atoms with Crippen LogP contribution in [-0.2, 0) is 0 Å². The summed E-state index contributed by atoms with van der Waals surface area (Å²) in [5, 5.41) is 0.155. The Morgan fingerprint density at radius 2 is 2.21 bits per heavy atom. The van der Waals surface area contributed by atoms with Gasteiger partial charge in [0, 0.05) is 0 Å². The van der Waals surface area contributed by atoms with Gasteiger partial charge in [0.1, 0.15) is 12.0 Å². The number of nitrogens with zero attached hydrogens (tertiary/aromatic N) is 2. The van der Waals surface area contributed by atoms with E-state index in [1.54, 1.807) is 13.8 Å². The highest BCUT2D eigenvalue weighted by atomic mass is 35.5. The van der Waals surface area contributed by atoms with Gasteiger partial charge in [0.2, 0.25) is 5.88 Å². The smallest absolute Gasteiger partial charge is 0.243 e. The molecule has 0 aromatic carbocycles. The van der Waals surface area contributed by atoms with Crippen LogP contribution < -0.4 is 10.5 Å². The summed E-state index contributed by atoms with van der Waals surface area (Å²) in [7, 11) is 0. The summed E-state index contributed by atoms with van der Waals surface area (Å²) >= 11 is 5.68. The molecule has 0 atom stereocenters. The maximum Gasteiger partial charge on any atom is 0.243 e. The van der Waals surface area contributed by atoms with Crippen molar-refractivity contribution >= 4 is 17.3 Å². The largest absolute Gasteiger partial charge is 0.457 e.